The molecule has 1 rings (SSSR count). The molecule has 1 aromatic heterocycles. The van der Waals surface area contributed by atoms with E-state index in [0.717, 1.165) is 4.88 Å². The SMILES string of the molecule is COc1nc(OC)c(/C=N/N)s1. The summed E-state index contributed by atoms with van der Waals surface area (Å²) in [4.78, 5) is 4.74. The second-order valence-electron chi connectivity index (χ2n) is 1.84. The van der Waals surface area contributed by atoms with Crippen LogP contribution < -0.4 is 15.3 Å². The van der Waals surface area contributed by atoms with Gasteiger partial charge in [-0.1, -0.05) is 11.3 Å². The number of rotatable bonds is 3. The summed E-state index contributed by atoms with van der Waals surface area (Å²) in [5, 5.41) is 3.90. The Morgan fingerprint density at radius 3 is 2.75 bits per heavy atom. The van der Waals surface area contributed by atoms with E-state index in [1.807, 2.05) is 0 Å². The van der Waals surface area contributed by atoms with Gasteiger partial charge >= 0.3 is 0 Å². The predicted octanol–water partition coefficient (Wildman–Crippen LogP) is 0.453. The van der Waals surface area contributed by atoms with E-state index in [1.165, 1.54) is 24.7 Å². The van der Waals surface area contributed by atoms with Gasteiger partial charge in [-0.15, -0.1) is 0 Å². The molecule has 0 saturated carbocycles. The lowest BCUT2D eigenvalue weighted by atomic mass is 10.6. The second-order valence-corrected chi connectivity index (χ2v) is 2.83. The Labute approximate surface area is 73.8 Å². The Balaban J connectivity index is 2.99. The Hall–Kier alpha value is -1.30. The van der Waals surface area contributed by atoms with Crippen LogP contribution in [0.5, 0.6) is 11.1 Å². The van der Waals surface area contributed by atoms with Gasteiger partial charge in [0, 0.05) is 0 Å². The molecule has 1 aromatic rings. The van der Waals surface area contributed by atoms with Gasteiger partial charge in [-0.25, -0.2) is 0 Å². The van der Waals surface area contributed by atoms with Gasteiger partial charge in [0.25, 0.3) is 5.19 Å². The summed E-state index contributed by atoms with van der Waals surface area (Å²) in [6.07, 6.45) is 1.47. The van der Waals surface area contributed by atoms with Gasteiger partial charge in [0.1, 0.15) is 4.88 Å². The van der Waals surface area contributed by atoms with E-state index in [0.29, 0.717) is 11.1 Å². The van der Waals surface area contributed by atoms with Crippen molar-refractivity contribution in [3.05, 3.63) is 4.88 Å². The van der Waals surface area contributed by atoms with Crippen molar-refractivity contribution in [1.82, 2.24) is 4.98 Å². The van der Waals surface area contributed by atoms with Crippen molar-refractivity contribution in [1.29, 1.82) is 0 Å². The first-order valence-electron chi connectivity index (χ1n) is 3.14. The number of hydrazone groups is 1. The molecule has 0 spiro atoms. The van der Waals surface area contributed by atoms with Crippen molar-refractivity contribution in [2.24, 2.45) is 10.9 Å². The Bertz CT molecular complexity index is 284. The summed E-state index contributed by atoms with van der Waals surface area (Å²) in [6, 6.07) is 0. The normalized spacial score (nSPS) is 10.5. The third kappa shape index (κ3) is 1.65. The highest BCUT2D eigenvalue weighted by Crippen LogP contribution is 2.28. The van der Waals surface area contributed by atoms with Crippen molar-refractivity contribution in [2.45, 2.75) is 0 Å². The van der Waals surface area contributed by atoms with Gasteiger partial charge in [0.15, 0.2) is 0 Å². The number of methoxy groups -OCH3 is 2. The minimum absolute atomic E-state index is 0.478. The molecule has 1 heterocycles. The molecule has 0 aromatic carbocycles. The monoisotopic (exact) mass is 187 g/mol. The fourth-order valence-electron chi connectivity index (χ4n) is 0.681. The Morgan fingerprint density at radius 1 is 1.50 bits per heavy atom. The summed E-state index contributed by atoms with van der Waals surface area (Å²) < 4.78 is 9.86. The summed E-state index contributed by atoms with van der Waals surface area (Å²) in [6.45, 7) is 0. The quantitative estimate of drug-likeness (QED) is 0.424. The predicted molar refractivity (Wildman–Crippen MR) is 47.0 cm³/mol. The van der Waals surface area contributed by atoms with Crippen LogP contribution in [0, 0.1) is 0 Å². The van der Waals surface area contributed by atoms with Crippen LogP contribution in [0.25, 0.3) is 0 Å². The summed E-state index contributed by atoms with van der Waals surface area (Å²) in [5.41, 5.74) is 0. The van der Waals surface area contributed by atoms with Gasteiger partial charge in [-0.05, 0) is 0 Å². The molecule has 6 heteroatoms. The number of aromatic nitrogens is 1. The number of hydrogen-bond acceptors (Lipinski definition) is 6. The Kier molecular flexibility index (Phi) is 2.87. The number of nitrogens with two attached hydrogens (primary N) is 1. The molecule has 0 aliphatic carbocycles. The van der Waals surface area contributed by atoms with Crippen LogP contribution in [0.1, 0.15) is 4.88 Å². The molecule has 0 amide bonds. The van der Waals surface area contributed by atoms with Crippen LogP contribution in [-0.2, 0) is 0 Å². The van der Waals surface area contributed by atoms with Crippen LogP contribution in [0.3, 0.4) is 0 Å². The van der Waals surface area contributed by atoms with E-state index in [9.17, 15) is 0 Å². The number of ether oxygens (including phenoxy) is 2. The van der Waals surface area contributed by atoms with E-state index in [1.54, 1.807) is 7.11 Å². The molecule has 0 unspecified atom stereocenters. The van der Waals surface area contributed by atoms with Gasteiger partial charge in [-0.2, -0.15) is 10.1 Å². The molecule has 12 heavy (non-hydrogen) atoms. The summed E-state index contributed by atoms with van der Waals surface area (Å²) in [7, 11) is 3.07. The van der Waals surface area contributed by atoms with E-state index in [2.05, 4.69) is 10.1 Å². The van der Waals surface area contributed by atoms with Crippen LogP contribution in [0.15, 0.2) is 5.10 Å². The van der Waals surface area contributed by atoms with E-state index in [-0.39, 0.29) is 0 Å². The molecule has 0 atom stereocenters. The van der Waals surface area contributed by atoms with Gasteiger partial charge in [0.05, 0.1) is 20.4 Å². The first-order valence-corrected chi connectivity index (χ1v) is 3.95. The fourth-order valence-corrected chi connectivity index (χ4v) is 1.41. The molecule has 0 fully saturated rings. The molecule has 0 aliphatic heterocycles. The number of nitrogens with zero attached hydrogens (tertiary/aromatic N) is 2. The Morgan fingerprint density at radius 2 is 2.25 bits per heavy atom. The minimum Gasteiger partial charge on any atom is -0.480 e. The average Bonchev–Trinajstić information content (AvgIpc) is 2.48. The zero-order valence-corrected chi connectivity index (χ0v) is 7.59. The van der Waals surface area contributed by atoms with E-state index < -0.39 is 0 Å². The maximum Gasteiger partial charge on any atom is 0.276 e. The van der Waals surface area contributed by atoms with Crippen molar-refractivity contribution in [2.75, 3.05) is 14.2 Å². The number of hydrogen-bond donors (Lipinski definition) is 1. The van der Waals surface area contributed by atoms with Gasteiger partial charge in [0.2, 0.25) is 5.88 Å². The van der Waals surface area contributed by atoms with Gasteiger partial charge < -0.3 is 15.3 Å². The van der Waals surface area contributed by atoms with Crippen molar-refractivity contribution < 1.29 is 9.47 Å². The maximum absolute atomic E-state index is 4.99. The molecule has 5 nitrogen and oxygen atoms in total. The van der Waals surface area contributed by atoms with Crippen molar-refractivity contribution >= 4 is 17.6 Å². The van der Waals surface area contributed by atoms with Crippen LogP contribution in [0.2, 0.25) is 0 Å². The molecule has 0 aliphatic rings. The van der Waals surface area contributed by atoms with Crippen molar-refractivity contribution in [3.8, 4) is 11.1 Å². The highest BCUT2D eigenvalue weighted by molar-refractivity contribution is 7.15. The molecule has 0 saturated heterocycles. The summed E-state index contributed by atoms with van der Waals surface area (Å²) in [5.74, 6) is 5.46. The molecular formula is C6H9N3O2S. The van der Waals surface area contributed by atoms with Gasteiger partial charge in [-0.3, -0.25) is 0 Å². The first kappa shape index (κ1) is 8.79. The zero-order chi connectivity index (χ0) is 8.97. The molecular weight excluding hydrogens is 178 g/mol. The lowest BCUT2D eigenvalue weighted by Crippen LogP contribution is -1.89. The topological polar surface area (TPSA) is 69.7 Å². The molecule has 2 N–H and O–H groups in total. The van der Waals surface area contributed by atoms with Crippen LogP contribution in [0.4, 0.5) is 0 Å². The van der Waals surface area contributed by atoms with E-state index >= 15 is 0 Å². The smallest absolute Gasteiger partial charge is 0.276 e. The standard InChI is InChI=1S/C6H9N3O2S/c1-10-5-4(3-8-7)12-6(9-5)11-2/h3H,7H2,1-2H3/b8-3+. The lowest BCUT2D eigenvalue weighted by molar-refractivity contribution is 0.377. The lowest BCUT2D eigenvalue weighted by Gasteiger charge is -1.91. The zero-order valence-electron chi connectivity index (χ0n) is 6.77. The molecule has 66 valence electrons. The second kappa shape index (κ2) is 3.91. The largest absolute Gasteiger partial charge is 0.480 e. The summed E-state index contributed by atoms with van der Waals surface area (Å²) >= 11 is 1.32. The van der Waals surface area contributed by atoms with Crippen LogP contribution >= 0.6 is 11.3 Å². The highest BCUT2D eigenvalue weighted by Gasteiger charge is 2.09. The third-order valence-electron chi connectivity index (χ3n) is 1.16. The highest BCUT2D eigenvalue weighted by atomic mass is 32.1. The van der Waals surface area contributed by atoms with Crippen molar-refractivity contribution in [3.63, 3.8) is 0 Å². The molecule has 0 bridgehead atoms. The molecule has 0 radical (unpaired) electrons. The average molecular weight is 187 g/mol. The van der Waals surface area contributed by atoms with Crippen LogP contribution in [-0.4, -0.2) is 25.4 Å². The fraction of sp³-hybridized carbons (Fsp3) is 0.333. The third-order valence-corrected chi connectivity index (χ3v) is 2.09. The maximum atomic E-state index is 4.99. The number of thiazole rings is 1. The first-order chi connectivity index (χ1) is 5.81. The van der Waals surface area contributed by atoms with E-state index in [4.69, 9.17) is 15.3 Å². The minimum atomic E-state index is 0.478.